The molecule has 0 unspecified atom stereocenters. The zero-order valence-electron chi connectivity index (χ0n) is 9.57. The van der Waals surface area contributed by atoms with Gasteiger partial charge >= 0.3 is 6.18 Å². The molecule has 0 aliphatic carbocycles. The third-order valence-corrected chi connectivity index (χ3v) is 3.90. The van der Waals surface area contributed by atoms with Crippen molar-refractivity contribution in [2.75, 3.05) is 4.72 Å². The number of nitrogens with zero attached hydrogens (tertiary/aromatic N) is 1. The third kappa shape index (κ3) is 3.05. The van der Waals surface area contributed by atoms with E-state index in [-0.39, 0.29) is 11.0 Å². The highest BCUT2D eigenvalue weighted by Gasteiger charge is 2.37. The molecule has 1 heterocycles. The second-order valence-corrected chi connectivity index (χ2v) is 5.77. The van der Waals surface area contributed by atoms with E-state index in [4.69, 9.17) is 11.6 Å². The lowest BCUT2D eigenvalue weighted by atomic mass is 10.2. The zero-order chi connectivity index (χ0) is 15.0. The van der Waals surface area contributed by atoms with Gasteiger partial charge in [0.1, 0.15) is 0 Å². The predicted octanol–water partition coefficient (Wildman–Crippen LogP) is 2.88. The standard InChI is InChI=1S/C10H7ClF3N3O2S/c11-6-1-2-8(7(5-6)10(12,13)14)20(18,19)17-9-15-3-4-16-9/h1-5H,(H2,15,16,17). The van der Waals surface area contributed by atoms with Crippen molar-refractivity contribution in [1.29, 1.82) is 0 Å². The predicted molar refractivity (Wildman–Crippen MR) is 65.9 cm³/mol. The first-order chi connectivity index (χ1) is 9.20. The minimum Gasteiger partial charge on any atom is -0.330 e. The van der Waals surface area contributed by atoms with Crippen molar-refractivity contribution in [2.45, 2.75) is 11.1 Å². The molecule has 0 aliphatic heterocycles. The van der Waals surface area contributed by atoms with Gasteiger partial charge in [-0.05, 0) is 18.2 Å². The van der Waals surface area contributed by atoms with Crippen molar-refractivity contribution in [3.8, 4) is 0 Å². The van der Waals surface area contributed by atoms with Gasteiger partial charge in [0.2, 0.25) is 5.95 Å². The van der Waals surface area contributed by atoms with Crippen molar-refractivity contribution in [3.63, 3.8) is 0 Å². The summed E-state index contributed by atoms with van der Waals surface area (Å²) in [6.07, 6.45) is -2.27. The van der Waals surface area contributed by atoms with Gasteiger partial charge in [0.25, 0.3) is 10.0 Å². The summed E-state index contributed by atoms with van der Waals surface area (Å²) >= 11 is 5.48. The molecule has 2 rings (SSSR count). The van der Waals surface area contributed by atoms with E-state index in [2.05, 4.69) is 9.97 Å². The number of rotatable bonds is 3. The lowest BCUT2D eigenvalue weighted by Gasteiger charge is -2.13. The first-order valence-electron chi connectivity index (χ1n) is 5.09. The fourth-order valence-corrected chi connectivity index (χ4v) is 2.82. The summed E-state index contributed by atoms with van der Waals surface area (Å²) in [5.74, 6) is -0.187. The second kappa shape index (κ2) is 4.98. The summed E-state index contributed by atoms with van der Waals surface area (Å²) in [6, 6.07) is 2.40. The van der Waals surface area contributed by atoms with E-state index in [1.807, 2.05) is 4.72 Å². The number of anilines is 1. The number of imidazole rings is 1. The fraction of sp³-hybridized carbons (Fsp3) is 0.100. The van der Waals surface area contributed by atoms with Crippen molar-refractivity contribution >= 4 is 27.6 Å². The number of alkyl halides is 3. The minimum absolute atomic E-state index is 0.187. The quantitative estimate of drug-likeness (QED) is 0.911. The highest BCUT2D eigenvalue weighted by atomic mass is 35.5. The van der Waals surface area contributed by atoms with E-state index in [1.165, 1.54) is 12.4 Å². The summed E-state index contributed by atoms with van der Waals surface area (Å²) in [7, 11) is -4.44. The van der Waals surface area contributed by atoms with Gasteiger partial charge in [-0.25, -0.2) is 18.1 Å². The van der Waals surface area contributed by atoms with Gasteiger partial charge in [-0.3, -0.25) is 0 Å². The van der Waals surface area contributed by atoms with E-state index in [9.17, 15) is 21.6 Å². The maximum Gasteiger partial charge on any atom is 0.417 e. The van der Waals surface area contributed by atoms with Crippen LogP contribution < -0.4 is 4.72 Å². The van der Waals surface area contributed by atoms with Crippen LogP contribution >= 0.6 is 11.6 Å². The number of H-pyrrole nitrogens is 1. The average molecular weight is 326 g/mol. The lowest BCUT2D eigenvalue weighted by Crippen LogP contribution is -2.19. The largest absolute Gasteiger partial charge is 0.417 e. The average Bonchev–Trinajstić information content (AvgIpc) is 2.79. The molecule has 0 saturated heterocycles. The number of benzene rings is 1. The molecule has 1 aromatic carbocycles. The van der Waals surface area contributed by atoms with Crippen LogP contribution in [0.2, 0.25) is 5.02 Å². The number of nitrogens with one attached hydrogen (secondary N) is 2. The van der Waals surface area contributed by atoms with Crippen LogP contribution in [0.25, 0.3) is 0 Å². The van der Waals surface area contributed by atoms with Crippen LogP contribution in [0.5, 0.6) is 0 Å². The van der Waals surface area contributed by atoms with Gasteiger partial charge in [0, 0.05) is 17.4 Å². The SMILES string of the molecule is O=S(=O)(Nc1ncc[nH]1)c1ccc(Cl)cc1C(F)(F)F. The maximum atomic E-state index is 12.9. The Morgan fingerprint density at radius 2 is 2.00 bits per heavy atom. The van der Waals surface area contributed by atoms with Crippen molar-refractivity contribution in [3.05, 3.63) is 41.2 Å². The molecule has 0 atom stereocenters. The fourth-order valence-electron chi connectivity index (χ4n) is 1.46. The molecular formula is C10H7ClF3N3O2S. The molecule has 0 amide bonds. The highest BCUT2D eigenvalue weighted by Crippen LogP contribution is 2.36. The van der Waals surface area contributed by atoms with Crippen LogP contribution in [0.4, 0.5) is 19.1 Å². The van der Waals surface area contributed by atoms with Crippen molar-refractivity contribution in [1.82, 2.24) is 9.97 Å². The van der Waals surface area contributed by atoms with E-state index < -0.39 is 26.7 Å². The molecule has 0 aliphatic rings. The van der Waals surface area contributed by atoms with E-state index >= 15 is 0 Å². The summed E-state index contributed by atoms with van der Waals surface area (Å²) in [4.78, 5) is 5.08. The van der Waals surface area contributed by atoms with Gasteiger partial charge in [-0.15, -0.1) is 0 Å². The monoisotopic (exact) mass is 325 g/mol. The molecule has 5 nitrogen and oxygen atoms in total. The Morgan fingerprint density at radius 1 is 1.30 bits per heavy atom. The molecular weight excluding hydrogens is 319 g/mol. The number of halogens is 4. The van der Waals surface area contributed by atoms with Gasteiger partial charge in [-0.1, -0.05) is 11.6 Å². The normalized spacial score (nSPS) is 12.4. The number of sulfonamides is 1. The Hall–Kier alpha value is -1.74. The molecule has 2 aromatic rings. The second-order valence-electron chi connectivity index (χ2n) is 3.68. The Morgan fingerprint density at radius 3 is 2.55 bits per heavy atom. The summed E-state index contributed by atoms with van der Waals surface area (Å²) in [5, 5.41) is -0.214. The van der Waals surface area contributed by atoms with E-state index in [0.717, 1.165) is 12.1 Å². The summed E-state index contributed by atoms with van der Waals surface area (Å²) < 4.78 is 64.4. The van der Waals surface area contributed by atoms with Crippen molar-refractivity contribution < 1.29 is 21.6 Å². The molecule has 20 heavy (non-hydrogen) atoms. The van der Waals surface area contributed by atoms with Gasteiger partial charge in [-0.2, -0.15) is 13.2 Å². The van der Waals surface area contributed by atoms with Crippen LogP contribution in [0, 0.1) is 0 Å². The molecule has 0 bridgehead atoms. The number of aromatic nitrogens is 2. The third-order valence-electron chi connectivity index (χ3n) is 2.27. The summed E-state index contributed by atoms with van der Waals surface area (Å²) in [6.45, 7) is 0. The first kappa shape index (κ1) is 14.7. The lowest BCUT2D eigenvalue weighted by molar-refractivity contribution is -0.139. The first-order valence-corrected chi connectivity index (χ1v) is 6.95. The topological polar surface area (TPSA) is 74.8 Å². The van der Waals surface area contributed by atoms with Gasteiger partial charge in [0.15, 0.2) is 0 Å². The Labute approximate surface area is 116 Å². The van der Waals surface area contributed by atoms with Crippen LogP contribution in [-0.2, 0) is 16.2 Å². The Balaban J connectivity index is 2.52. The molecule has 0 fully saturated rings. The van der Waals surface area contributed by atoms with E-state index in [1.54, 1.807) is 0 Å². The summed E-state index contributed by atoms with van der Waals surface area (Å²) in [5.41, 5.74) is -1.34. The van der Waals surface area contributed by atoms with Crippen LogP contribution in [0.15, 0.2) is 35.5 Å². The number of aromatic amines is 1. The van der Waals surface area contributed by atoms with Gasteiger partial charge in [0.05, 0.1) is 10.5 Å². The van der Waals surface area contributed by atoms with Crippen LogP contribution in [-0.4, -0.2) is 18.4 Å². The highest BCUT2D eigenvalue weighted by molar-refractivity contribution is 7.92. The van der Waals surface area contributed by atoms with Crippen molar-refractivity contribution in [2.24, 2.45) is 0 Å². The van der Waals surface area contributed by atoms with Crippen LogP contribution in [0.3, 0.4) is 0 Å². The molecule has 2 N–H and O–H groups in total. The molecule has 108 valence electrons. The maximum absolute atomic E-state index is 12.9. The molecule has 0 spiro atoms. The number of hydrogen-bond donors (Lipinski definition) is 2. The molecule has 1 aromatic heterocycles. The van der Waals surface area contributed by atoms with E-state index in [0.29, 0.717) is 6.07 Å². The van der Waals surface area contributed by atoms with Gasteiger partial charge < -0.3 is 4.98 Å². The zero-order valence-corrected chi connectivity index (χ0v) is 11.1. The molecule has 0 radical (unpaired) electrons. The molecule has 10 heteroatoms. The smallest absolute Gasteiger partial charge is 0.330 e. The minimum atomic E-state index is -4.85. The Bertz CT molecular complexity index is 714. The number of hydrogen-bond acceptors (Lipinski definition) is 3. The van der Waals surface area contributed by atoms with Crippen LogP contribution in [0.1, 0.15) is 5.56 Å². The Kier molecular flexibility index (Phi) is 3.65. The molecule has 0 saturated carbocycles.